The van der Waals surface area contributed by atoms with Crippen LogP contribution in [-0.4, -0.2) is 40.2 Å². The number of alkyl halides is 3. The molecule has 6 nitrogen and oxygen atoms in total. The number of carbonyl (C=O) groups is 1. The molecule has 0 unspecified atom stereocenters. The fourth-order valence-electron chi connectivity index (χ4n) is 2.88. The minimum Gasteiger partial charge on any atom is -0.395 e. The highest BCUT2D eigenvalue weighted by atomic mass is 19.4. The van der Waals surface area contributed by atoms with E-state index in [1.165, 1.54) is 4.68 Å². The van der Waals surface area contributed by atoms with Crippen molar-refractivity contribution in [3.05, 3.63) is 40.7 Å². The molecule has 1 aliphatic rings. The number of carbonyl (C=O) groups excluding carboxylic acids is 1. The van der Waals surface area contributed by atoms with Gasteiger partial charge in [-0.3, -0.25) is 14.5 Å². The summed E-state index contributed by atoms with van der Waals surface area (Å²) in [6.07, 6.45) is -1.34. The highest BCUT2D eigenvalue weighted by Crippen LogP contribution is 2.37. The Morgan fingerprint density at radius 2 is 2.12 bits per heavy atom. The third-order valence-electron chi connectivity index (χ3n) is 4.05. The first-order valence-corrected chi connectivity index (χ1v) is 7.95. The summed E-state index contributed by atoms with van der Waals surface area (Å²) in [5.41, 5.74) is 1.87. The van der Waals surface area contributed by atoms with Gasteiger partial charge in [0.2, 0.25) is 5.91 Å². The summed E-state index contributed by atoms with van der Waals surface area (Å²) in [5.74, 6) is -0.344. The summed E-state index contributed by atoms with van der Waals surface area (Å²) in [6.45, 7) is 1.75. The van der Waals surface area contributed by atoms with Crippen LogP contribution < -0.4 is 5.32 Å². The zero-order valence-corrected chi connectivity index (χ0v) is 14.0. The molecule has 2 aromatic rings. The van der Waals surface area contributed by atoms with E-state index < -0.39 is 11.7 Å². The Hall–Kier alpha value is -2.68. The molecule has 0 radical (unpaired) electrons. The summed E-state index contributed by atoms with van der Waals surface area (Å²) in [5, 5.41) is 15.4. The monoisotopic (exact) mass is 366 g/mol. The van der Waals surface area contributed by atoms with E-state index in [1.807, 2.05) is 0 Å². The Balaban J connectivity index is 1.98. The van der Waals surface area contributed by atoms with Gasteiger partial charge in [0, 0.05) is 30.1 Å². The van der Waals surface area contributed by atoms with Gasteiger partial charge in [0.05, 0.1) is 24.4 Å². The maximum atomic E-state index is 13.2. The maximum Gasteiger partial charge on any atom is 0.416 e. The van der Waals surface area contributed by atoms with Gasteiger partial charge in [-0.2, -0.15) is 18.3 Å². The van der Waals surface area contributed by atoms with E-state index in [1.54, 1.807) is 19.3 Å². The minimum atomic E-state index is -4.46. The lowest BCUT2D eigenvalue weighted by atomic mass is 9.94. The number of nitrogens with one attached hydrogen (secondary N) is 1. The molecule has 138 valence electrons. The molecule has 1 aromatic heterocycles. The van der Waals surface area contributed by atoms with E-state index >= 15 is 0 Å². The molecule has 9 heteroatoms. The third-order valence-corrected chi connectivity index (χ3v) is 4.05. The zero-order chi connectivity index (χ0) is 18.9. The van der Waals surface area contributed by atoms with Crippen LogP contribution in [0.2, 0.25) is 0 Å². The quantitative estimate of drug-likeness (QED) is 0.849. The van der Waals surface area contributed by atoms with Gasteiger partial charge < -0.3 is 10.4 Å². The normalized spacial score (nSPS) is 13.1. The van der Waals surface area contributed by atoms with E-state index in [0.717, 1.165) is 12.1 Å². The number of hydrogen-bond donors (Lipinski definition) is 2. The summed E-state index contributed by atoms with van der Waals surface area (Å²) >= 11 is 0. The van der Waals surface area contributed by atoms with Gasteiger partial charge in [-0.15, -0.1) is 0 Å². The van der Waals surface area contributed by atoms with Crippen molar-refractivity contribution in [3.63, 3.8) is 0 Å². The van der Waals surface area contributed by atoms with Crippen molar-refractivity contribution in [1.82, 2.24) is 15.1 Å². The molecule has 0 atom stereocenters. The molecule has 0 saturated heterocycles. The number of aliphatic hydroxyl groups is 1. The minimum absolute atomic E-state index is 0.0872. The second kappa shape index (κ2) is 6.91. The molecule has 2 heterocycles. The Labute approximate surface area is 147 Å². The average Bonchev–Trinajstić information content (AvgIpc) is 3.17. The Morgan fingerprint density at radius 3 is 2.81 bits per heavy atom. The number of aryl methyl sites for hydroxylation is 1. The van der Waals surface area contributed by atoms with Crippen molar-refractivity contribution in [2.45, 2.75) is 26.2 Å². The van der Waals surface area contributed by atoms with Crippen molar-refractivity contribution in [2.75, 3.05) is 13.2 Å². The van der Waals surface area contributed by atoms with Crippen LogP contribution in [0.1, 0.15) is 22.4 Å². The number of aliphatic imine (C=N–C) groups is 1. The van der Waals surface area contributed by atoms with Gasteiger partial charge in [0.1, 0.15) is 6.54 Å². The average molecular weight is 366 g/mol. The van der Waals surface area contributed by atoms with Crippen LogP contribution in [0.15, 0.2) is 23.3 Å². The molecule has 1 aliphatic heterocycles. The molecule has 2 N–H and O–H groups in total. The lowest BCUT2D eigenvalue weighted by Gasteiger charge is -2.12. The summed E-state index contributed by atoms with van der Waals surface area (Å²) in [7, 11) is 0. The fourth-order valence-corrected chi connectivity index (χ4v) is 2.88. The molecule has 0 aliphatic carbocycles. The molecule has 0 saturated carbocycles. The van der Waals surface area contributed by atoms with Crippen LogP contribution in [-0.2, 0) is 24.1 Å². The highest BCUT2D eigenvalue weighted by Gasteiger charge is 2.33. The highest BCUT2D eigenvalue weighted by molar-refractivity contribution is 5.94. The SMILES string of the molecule is Cc1nn(CC(=O)NCCO)cc1-c1cc(C(F)(F)F)cc2c1C=NC2. The van der Waals surface area contributed by atoms with E-state index in [0.29, 0.717) is 27.9 Å². The second-order valence-corrected chi connectivity index (χ2v) is 5.96. The van der Waals surface area contributed by atoms with Gasteiger partial charge in [0.15, 0.2) is 0 Å². The number of rotatable bonds is 5. The molecule has 0 fully saturated rings. The van der Waals surface area contributed by atoms with Crippen LogP contribution in [0.25, 0.3) is 11.1 Å². The standard InChI is InChI=1S/C17H17F3N4O2/c1-10-15(8-24(23-10)9-16(26)22-2-3-25)13-5-12(17(18,19)20)4-11-6-21-7-14(11)13/h4-5,7-8,25H,2-3,6,9H2,1H3,(H,22,26). The molecule has 1 aromatic carbocycles. The number of nitrogens with zero attached hydrogens (tertiary/aromatic N) is 3. The lowest BCUT2D eigenvalue weighted by molar-refractivity contribution is -0.137. The van der Waals surface area contributed by atoms with Crippen LogP contribution in [0.3, 0.4) is 0 Å². The molecule has 26 heavy (non-hydrogen) atoms. The molecular weight excluding hydrogens is 349 g/mol. The number of aliphatic hydroxyl groups excluding tert-OH is 1. The zero-order valence-electron chi connectivity index (χ0n) is 14.0. The number of hydrogen-bond acceptors (Lipinski definition) is 4. The number of amides is 1. The molecule has 0 spiro atoms. The van der Waals surface area contributed by atoms with Crippen LogP contribution in [0, 0.1) is 6.92 Å². The smallest absolute Gasteiger partial charge is 0.395 e. The van der Waals surface area contributed by atoms with Gasteiger partial charge in [-0.1, -0.05) is 0 Å². The maximum absolute atomic E-state index is 13.2. The van der Waals surface area contributed by atoms with Crippen molar-refractivity contribution in [3.8, 4) is 11.1 Å². The summed E-state index contributed by atoms with van der Waals surface area (Å²) in [4.78, 5) is 15.8. The number of fused-ring (bicyclic) bond motifs is 1. The summed E-state index contributed by atoms with van der Waals surface area (Å²) < 4.78 is 41.0. The second-order valence-electron chi connectivity index (χ2n) is 5.96. The van der Waals surface area contributed by atoms with E-state index in [-0.39, 0.29) is 32.1 Å². The van der Waals surface area contributed by atoms with Crippen LogP contribution >= 0.6 is 0 Å². The van der Waals surface area contributed by atoms with Crippen molar-refractivity contribution in [2.24, 2.45) is 4.99 Å². The van der Waals surface area contributed by atoms with Crippen molar-refractivity contribution >= 4 is 12.1 Å². The first-order chi connectivity index (χ1) is 12.3. The van der Waals surface area contributed by atoms with Crippen molar-refractivity contribution in [1.29, 1.82) is 0 Å². The van der Waals surface area contributed by atoms with Gasteiger partial charge >= 0.3 is 6.18 Å². The lowest BCUT2D eigenvalue weighted by Crippen LogP contribution is -2.30. The number of benzene rings is 1. The van der Waals surface area contributed by atoms with Gasteiger partial charge in [-0.05, 0) is 30.2 Å². The third kappa shape index (κ3) is 3.62. The molecule has 0 bridgehead atoms. The predicted molar refractivity (Wildman–Crippen MR) is 88.8 cm³/mol. The number of aromatic nitrogens is 2. The Bertz CT molecular complexity index is 872. The Kier molecular flexibility index (Phi) is 4.82. The largest absolute Gasteiger partial charge is 0.416 e. The molecular formula is C17H17F3N4O2. The topological polar surface area (TPSA) is 79.5 Å². The first kappa shape index (κ1) is 18.1. The summed E-state index contributed by atoms with van der Waals surface area (Å²) in [6, 6.07) is 2.21. The van der Waals surface area contributed by atoms with Gasteiger partial charge in [0.25, 0.3) is 0 Å². The van der Waals surface area contributed by atoms with E-state index in [9.17, 15) is 18.0 Å². The van der Waals surface area contributed by atoms with Crippen molar-refractivity contribution < 1.29 is 23.1 Å². The van der Waals surface area contributed by atoms with Gasteiger partial charge in [-0.25, -0.2) is 0 Å². The molecule has 3 rings (SSSR count). The molecule has 1 amide bonds. The van der Waals surface area contributed by atoms with Crippen LogP contribution in [0.4, 0.5) is 13.2 Å². The Morgan fingerprint density at radius 1 is 1.35 bits per heavy atom. The first-order valence-electron chi connectivity index (χ1n) is 7.95. The van der Waals surface area contributed by atoms with E-state index in [4.69, 9.17) is 5.11 Å². The number of halogens is 3. The van der Waals surface area contributed by atoms with E-state index in [2.05, 4.69) is 15.4 Å². The fraction of sp³-hybridized carbons (Fsp3) is 0.353. The van der Waals surface area contributed by atoms with Crippen LogP contribution in [0.5, 0.6) is 0 Å². The predicted octanol–water partition coefficient (Wildman–Crippen LogP) is 1.92.